The van der Waals surface area contributed by atoms with Crippen LogP contribution in [0.3, 0.4) is 0 Å². The van der Waals surface area contributed by atoms with E-state index in [2.05, 4.69) is 27.6 Å². The van der Waals surface area contributed by atoms with Gasteiger partial charge in [0.25, 0.3) is 0 Å². The minimum absolute atomic E-state index is 0.212. The van der Waals surface area contributed by atoms with Gasteiger partial charge in [0.15, 0.2) is 0 Å². The first-order chi connectivity index (χ1) is 10.2. The topological polar surface area (TPSA) is 75.9 Å². The SMILES string of the molecule is CCCc1c(NN)ncnc1NCCc1cccc(F)c1. The van der Waals surface area contributed by atoms with Gasteiger partial charge in [0.2, 0.25) is 0 Å². The number of rotatable bonds is 7. The summed E-state index contributed by atoms with van der Waals surface area (Å²) in [4.78, 5) is 8.38. The van der Waals surface area contributed by atoms with Crippen molar-refractivity contribution < 1.29 is 4.39 Å². The molecular weight excluding hydrogens is 269 g/mol. The van der Waals surface area contributed by atoms with Crippen LogP contribution in [-0.2, 0) is 12.8 Å². The van der Waals surface area contributed by atoms with E-state index in [1.54, 1.807) is 12.1 Å². The van der Waals surface area contributed by atoms with Crippen LogP contribution in [0.5, 0.6) is 0 Å². The second-order valence-electron chi connectivity index (χ2n) is 4.75. The minimum atomic E-state index is -0.212. The zero-order valence-corrected chi connectivity index (χ0v) is 12.1. The molecule has 0 amide bonds. The normalized spacial score (nSPS) is 10.4. The Morgan fingerprint density at radius 2 is 2.00 bits per heavy atom. The number of aromatic nitrogens is 2. The van der Waals surface area contributed by atoms with Gasteiger partial charge in [-0.2, -0.15) is 0 Å². The highest BCUT2D eigenvalue weighted by molar-refractivity contribution is 5.56. The van der Waals surface area contributed by atoms with Crippen molar-refractivity contribution in [3.8, 4) is 0 Å². The summed E-state index contributed by atoms with van der Waals surface area (Å²) in [6.07, 6.45) is 4.00. The van der Waals surface area contributed by atoms with Crippen LogP contribution in [0, 0.1) is 5.82 Å². The lowest BCUT2D eigenvalue weighted by atomic mass is 10.1. The van der Waals surface area contributed by atoms with Gasteiger partial charge in [-0.15, -0.1) is 0 Å². The van der Waals surface area contributed by atoms with Crippen LogP contribution in [0.2, 0.25) is 0 Å². The number of hydrogen-bond donors (Lipinski definition) is 3. The Labute approximate surface area is 123 Å². The predicted molar refractivity (Wildman–Crippen MR) is 82.4 cm³/mol. The fourth-order valence-electron chi connectivity index (χ4n) is 2.19. The molecule has 4 N–H and O–H groups in total. The van der Waals surface area contributed by atoms with Crippen LogP contribution in [0.1, 0.15) is 24.5 Å². The first-order valence-electron chi connectivity index (χ1n) is 7.03. The summed E-state index contributed by atoms with van der Waals surface area (Å²) in [5.74, 6) is 6.68. The monoisotopic (exact) mass is 289 g/mol. The van der Waals surface area contributed by atoms with E-state index in [-0.39, 0.29) is 5.82 Å². The van der Waals surface area contributed by atoms with Crippen molar-refractivity contribution in [1.82, 2.24) is 9.97 Å². The number of hydrogen-bond acceptors (Lipinski definition) is 5. The molecule has 0 aliphatic rings. The molecule has 0 atom stereocenters. The van der Waals surface area contributed by atoms with Crippen LogP contribution in [-0.4, -0.2) is 16.5 Å². The van der Waals surface area contributed by atoms with Crippen LogP contribution in [0.4, 0.5) is 16.0 Å². The number of halogens is 1. The molecule has 0 saturated heterocycles. The maximum absolute atomic E-state index is 13.1. The van der Waals surface area contributed by atoms with E-state index in [0.717, 1.165) is 36.2 Å². The minimum Gasteiger partial charge on any atom is -0.369 e. The second-order valence-corrected chi connectivity index (χ2v) is 4.75. The molecule has 2 aromatic rings. The van der Waals surface area contributed by atoms with Gasteiger partial charge in [-0.25, -0.2) is 20.2 Å². The van der Waals surface area contributed by atoms with E-state index >= 15 is 0 Å². The fourth-order valence-corrected chi connectivity index (χ4v) is 2.19. The number of benzene rings is 1. The van der Waals surface area contributed by atoms with Gasteiger partial charge >= 0.3 is 0 Å². The highest BCUT2D eigenvalue weighted by atomic mass is 19.1. The molecule has 6 heteroatoms. The Hall–Kier alpha value is -2.21. The third kappa shape index (κ3) is 4.13. The van der Waals surface area contributed by atoms with Crippen molar-refractivity contribution in [2.75, 3.05) is 17.3 Å². The van der Waals surface area contributed by atoms with Gasteiger partial charge in [0.05, 0.1) is 0 Å². The molecule has 0 saturated carbocycles. The Bertz CT molecular complexity index is 588. The van der Waals surface area contributed by atoms with Crippen molar-refractivity contribution in [3.63, 3.8) is 0 Å². The van der Waals surface area contributed by atoms with Crippen molar-refractivity contribution in [3.05, 3.63) is 47.5 Å². The highest BCUT2D eigenvalue weighted by Crippen LogP contribution is 2.20. The van der Waals surface area contributed by atoms with Crippen LogP contribution >= 0.6 is 0 Å². The van der Waals surface area contributed by atoms with E-state index in [1.165, 1.54) is 12.4 Å². The zero-order chi connectivity index (χ0) is 15.1. The number of nitrogens with two attached hydrogens (primary N) is 1. The van der Waals surface area contributed by atoms with Gasteiger partial charge in [0.1, 0.15) is 23.8 Å². The van der Waals surface area contributed by atoms with Gasteiger partial charge in [-0.3, -0.25) is 0 Å². The standard InChI is InChI=1S/C15H20FN5/c1-2-4-13-14(19-10-20-15(13)21-17)18-8-7-11-5-3-6-12(16)9-11/h3,5-6,9-10H,2,4,7-8,17H2,1H3,(H2,18,19,20,21). The van der Waals surface area contributed by atoms with Crippen LogP contribution in [0.15, 0.2) is 30.6 Å². The molecule has 0 aliphatic heterocycles. The molecule has 1 aromatic heterocycles. The Morgan fingerprint density at radius 1 is 1.19 bits per heavy atom. The summed E-state index contributed by atoms with van der Waals surface area (Å²) in [5.41, 5.74) is 4.52. The molecule has 5 nitrogen and oxygen atoms in total. The summed E-state index contributed by atoms with van der Waals surface area (Å²) < 4.78 is 13.1. The Morgan fingerprint density at radius 3 is 2.71 bits per heavy atom. The maximum Gasteiger partial charge on any atom is 0.148 e. The molecular formula is C15H20FN5. The zero-order valence-electron chi connectivity index (χ0n) is 12.1. The summed E-state index contributed by atoms with van der Waals surface area (Å²) in [6.45, 7) is 2.75. The van der Waals surface area contributed by atoms with E-state index < -0.39 is 0 Å². The molecule has 0 radical (unpaired) electrons. The van der Waals surface area contributed by atoms with Crippen molar-refractivity contribution in [1.29, 1.82) is 0 Å². The number of nitrogens with one attached hydrogen (secondary N) is 2. The first kappa shape index (κ1) is 15.2. The molecule has 1 aromatic carbocycles. The van der Waals surface area contributed by atoms with Gasteiger partial charge in [-0.1, -0.05) is 25.5 Å². The lowest BCUT2D eigenvalue weighted by molar-refractivity contribution is 0.625. The third-order valence-corrected chi connectivity index (χ3v) is 3.18. The Kier molecular flexibility index (Phi) is 5.45. The largest absolute Gasteiger partial charge is 0.369 e. The van der Waals surface area contributed by atoms with Crippen LogP contribution in [0.25, 0.3) is 0 Å². The maximum atomic E-state index is 13.1. The van der Waals surface area contributed by atoms with Gasteiger partial charge < -0.3 is 10.7 Å². The number of nitrogens with zero attached hydrogens (tertiary/aromatic N) is 2. The predicted octanol–water partition coefficient (Wildman–Crippen LogP) is 2.51. The molecule has 21 heavy (non-hydrogen) atoms. The molecule has 0 fully saturated rings. The average Bonchev–Trinajstić information content (AvgIpc) is 2.49. The van der Waals surface area contributed by atoms with E-state index in [0.29, 0.717) is 12.4 Å². The van der Waals surface area contributed by atoms with Gasteiger partial charge in [-0.05, 0) is 30.5 Å². The second kappa shape index (κ2) is 7.54. The smallest absolute Gasteiger partial charge is 0.148 e. The lowest BCUT2D eigenvalue weighted by Gasteiger charge is -2.13. The summed E-state index contributed by atoms with van der Waals surface area (Å²) in [5, 5.41) is 3.27. The number of anilines is 2. The van der Waals surface area contributed by atoms with E-state index in [1.807, 2.05) is 6.07 Å². The molecule has 0 spiro atoms. The highest BCUT2D eigenvalue weighted by Gasteiger charge is 2.09. The summed E-state index contributed by atoms with van der Waals surface area (Å²) in [6, 6.07) is 6.61. The molecule has 112 valence electrons. The van der Waals surface area contributed by atoms with Crippen molar-refractivity contribution in [2.24, 2.45) is 5.84 Å². The van der Waals surface area contributed by atoms with Crippen LogP contribution < -0.4 is 16.6 Å². The quantitative estimate of drug-likeness (QED) is 0.539. The van der Waals surface area contributed by atoms with Crippen molar-refractivity contribution >= 4 is 11.6 Å². The fraction of sp³-hybridized carbons (Fsp3) is 0.333. The van der Waals surface area contributed by atoms with Gasteiger partial charge in [0, 0.05) is 12.1 Å². The van der Waals surface area contributed by atoms with E-state index in [4.69, 9.17) is 5.84 Å². The first-order valence-corrected chi connectivity index (χ1v) is 7.03. The summed E-state index contributed by atoms with van der Waals surface area (Å²) >= 11 is 0. The summed E-state index contributed by atoms with van der Waals surface area (Å²) in [7, 11) is 0. The molecule has 0 unspecified atom stereocenters. The van der Waals surface area contributed by atoms with E-state index in [9.17, 15) is 4.39 Å². The number of nitrogen functional groups attached to an aromatic ring is 1. The average molecular weight is 289 g/mol. The number of hydrazine groups is 1. The molecule has 1 heterocycles. The lowest BCUT2D eigenvalue weighted by Crippen LogP contribution is -2.15. The molecule has 0 bridgehead atoms. The molecule has 2 rings (SSSR count). The molecule has 0 aliphatic carbocycles. The Balaban J connectivity index is 2.02. The van der Waals surface area contributed by atoms with Crippen molar-refractivity contribution in [2.45, 2.75) is 26.2 Å². The third-order valence-electron chi connectivity index (χ3n) is 3.18.